The maximum Gasteiger partial charge on any atom is 0.272 e. The Labute approximate surface area is 104 Å². The number of halogens is 1. The van der Waals surface area contributed by atoms with E-state index >= 15 is 0 Å². The molecule has 0 atom stereocenters. The summed E-state index contributed by atoms with van der Waals surface area (Å²) in [4.78, 5) is 6.29. The number of nitrogens with zero attached hydrogens (tertiary/aromatic N) is 3. The molecule has 0 unspecified atom stereocenters. The lowest BCUT2D eigenvalue weighted by atomic mass is 10.5. The molecule has 2 heterocycles. The highest BCUT2D eigenvalue weighted by Gasteiger charge is 2.24. The molecule has 2 aromatic rings. The van der Waals surface area contributed by atoms with Crippen molar-refractivity contribution in [2.45, 2.75) is 5.03 Å². The van der Waals surface area contributed by atoms with Gasteiger partial charge in [0.25, 0.3) is 10.0 Å². The molecular formula is C9H11ClN4O2S. The molecule has 2 rings (SSSR count). The van der Waals surface area contributed by atoms with E-state index in [2.05, 4.69) is 9.82 Å². The molecule has 0 spiro atoms. The van der Waals surface area contributed by atoms with Crippen LogP contribution in [0.25, 0.3) is 5.65 Å². The molecule has 0 aliphatic carbocycles. The molecule has 0 bridgehead atoms. The Morgan fingerprint density at radius 1 is 1.41 bits per heavy atom. The molecule has 0 aliphatic heterocycles. The summed E-state index contributed by atoms with van der Waals surface area (Å²) >= 11 is 5.87. The number of fused-ring (bicyclic) bond motifs is 1. The molecule has 1 N–H and O–H groups in total. The van der Waals surface area contributed by atoms with Gasteiger partial charge in [0.05, 0.1) is 0 Å². The summed E-state index contributed by atoms with van der Waals surface area (Å²) in [5.41, 5.74) is 0.483. The first-order valence-corrected chi connectivity index (χ1v) is 6.60. The van der Waals surface area contributed by atoms with Gasteiger partial charge in [0.15, 0.2) is 10.2 Å². The molecule has 6 nitrogen and oxygen atoms in total. The zero-order valence-electron chi connectivity index (χ0n) is 9.25. The van der Waals surface area contributed by atoms with Crippen LogP contribution in [0.3, 0.4) is 0 Å². The molecule has 0 fully saturated rings. The van der Waals surface area contributed by atoms with Crippen LogP contribution in [0, 0.1) is 0 Å². The first kappa shape index (κ1) is 12.3. The number of imidazole rings is 1. The van der Waals surface area contributed by atoms with Gasteiger partial charge in [-0.15, -0.1) is 4.83 Å². The topological polar surface area (TPSA) is 66.7 Å². The minimum Gasteiger partial charge on any atom is -0.288 e. The summed E-state index contributed by atoms with van der Waals surface area (Å²) < 4.78 is 25.5. The van der Waals surface area contributed by atoms with Crippen LogP contribution in [-0.4, -0.2) is 36.9 Å². The number of rotatable bonds is 3. The first-order chi connectivity index (χ1) is 7.92. The van der Waals surface area contributed by atoms with E-state index in [1.54, 1.807) is 38.5 Å². The van der Waals surface area contributed by atoms with Crippen molar-refractivity contribution in [3.05, 3.63) is 29.5 Å². The Hall–Kier alpha value is -1.15. The molecule has 2 aromatic heterocycles. The van der Waals surface area contributed by atoms with Crippen molar-refractivity contribution in [1.82, 2.24) is 19.2 Å². The van der Waals surface area contributed by atoms with E-state index in [9.17, 15) is 8.42 Å². The Kier molecular flexibility index (Phi) is 3.09. The summed E-state index contributed by atoms with van der Waals surface area (Å²) in [7, 11) is -0.573. The van der Waals surface area contributed by atoms with Crippen LogP contribution in [0.2, 0.25) is 5.15 Å². The second kappa shape index (κ2) is 4.26. The van der Waals surface area contributed by atoms with Gasteiger partial charge in [-0.3, -0.25) is 4.40 Å². The number of aromatic nitrogens is 2. The monoisotopic (exact) mass is 274 g/mol. The van der Waals surface area contributed by atoms with Crippen molar-refractivity contribution in [2.24, 2.45) is 0 Å². The Morgan fingerprint density at radius 3 is 2.76 bits per heavy atom. The van der Waals surface area contributed by atoms with E-state index in [4.69, 9.17) is 11.6 Å². The minimum atomic E-state index is -3.73. The van der Waals surface area contributed by atoms with Crippen LogP contribution >= 0.6 is 11.6 Å². The maximum absolute atomic E-state index is 12.0. The van der Waals surface area contributed by atoms with E-state index in [0.29, 0.717) is 5.65 Å². The average Bonchev–Trinajstić information content (AvgIpc) is 2.51. The highest BCUT2D eigenvalue weighted by atomic mass is 35.5. The van der Waals surface area contributed by atoms with E-state index in [-0.39, 0.29) is 10.2 Å². The second-order valence-electron chi connectivity index (χ2n) is 3.63. The summed E-state index contributed by atoms with van der Waals surface area (Å²) in [5, 5.41) is 1.21. The molecule has 92 valence electrons. The summed E-state index contributed by atoms with van der Waals surface area (Å²) in [6, 6.07) is 5.15. The first-order valence-electron chi connectivity index (χ1n) is 4.74. The molecule has 17 heavy (non-hydrogen) atoms. The van der Waals surface area contributed by atoms with Crippen molar-refractivity contribution < 1.29 is 8.42 Å². The van der Waals surface area contributed by atoms with Crippen molar-refractivity contribution in [1.29, 1.82) is 0 Å². The quantitative estimate of drug-likeness (QED) is 0.839. The predicted molar refractivity (Wildman–Crippen MR) is 64.2 cm³/mol. The van der Waals surface area contributed by atoms with Gasteiger partial charge in [0.1, 0.15) is 5.65 Å². The van der Waals surface area contributed by atoms with E-state index < -0.39 is 10.0 Å². The van der Waals surface area contributed by atoms with Crippen molar-refractivity contribution >= 4 is 27.3 Å². The van der Waals surface area contributed by atoms with Gasteiger partial charge in [-0.1, -0.05) is 17.7 Å². The molecule has 0 radical (unpaired) electrons. The number of nitrogens with one attached hydrogen (secondary N) is 1. The van der Waals surface area contributed by atoms with E-state index in [1.807, 2.05) is 0 Å². The third kappa shape index (κ3) is 2.27. The van der Waals surface area contributed by atoms with Crippen LogP contribution in [-0.2, 0) is 10.0 Å². The van der Waals surface area contributed by atoms with Crippen LogP contribution in [0.15, 0.2) is 29.4 Å². The SMILES string of the molecule is CN(C)NS(=O)(=O)c1c(Cl)nc2ccccn12. The van der Waals surface area contributed by atoms with Gasteiger partial charge in [0.2, 0.25) is 0 Å². The summed E-state index contributed by atoms with van der Waals surface area (Å²) in [6.45, 7) is 0. The molecule has 8 heteroatoms. The fraction of sp³-hybridized carbons (Fsp3) is 0.222. The van der Waals surface area contributed by atoms with E-state index in [1.165, 1.54) is 9.41 Å². The minimum absolute atomic E-state index is 0.0504. The van der Waals surface area contributed by atoms with Gasteiger partial charge in [-0.2, -0.15) is 0 Å². The fourth-order valence-electron chi connectivity index (χ4n) is 1.47. The largest absolute Gasteiger partial charge is 0.288 e. The van der Waals surface area contributed by atoms with Gasteiger partial charge >= 0.3 is 0 Å². The molecule has 0 saturated carbocycles. The van der Waals surface area contributed by atoms with Crippen LogP contribution < -0.4 is 4.83 Å². The Balaban J connectivity index is 2.66. The summed E-state index contributed by atoms with van der Waals surface area (Å²) in [5.74, 6) is 0. The number of hydrogen-bond acceptors (Lipinski definition) is 4. The van der Waals surface area contributed by atoms with Crippen LogP contribution in [0.1, 0.15) is 0 Å². The molecule has 0 aliphatic rings. The third-order valence-electron chi connectivity index (χ3n) is 2.00. The summed E-state index contributed by atoms with van der Waals surface area (Å²) in [6.07, 6.45) is 1.60. The molecule has 0 aromatic carbocycles. The highest BCUT2D eigenvalue weighted by Crippen LogP contribution is 2.22. The van der Waals surface area contributed by atoms with E-state index in [0.717, 1.165) is 0 Å². The van der Waals surface area contributed by atoms with Crippen molar-refractivity contribution in [2.75, 3.05) is 14.1 Å². The number of hydrogen-bond donors (Lipinski definition) is 1. The average molecular weight is 275 g/mol. The fourth-order valence-corrected chi connectivity index (χ4v) is 3.20. The molecule has 0 amide bonds. The second-order valence-corrected chi connectivity index (χ2v) is 5.56. The predicted octanol–water partition coefficient (Wildman–Crippen LogP) is 0.743. The standard InChI is InChI=1S/C9H11ClN4O2S/c1-13(2)12-17(15,16)9-8(10)11-7-5-3-4-6-14(7)9/h3-6,12H,1-2H3. The highest BCUT2D eigenvalue weighted by molar-refractivity contribution is 7.89. The lowest BCUT2D eigenvalue weighted by Gasteiger charge is -2.12. The van der Waals surface area contributed by atoms with Crippen LogP contribution in [0.5, 0.6) is 0 Å². The Bertz CT molecular complexity index is 650. The van der Waals surface area contributed by atoms with Gasteiger partial charge in [0, 0.05) is 20.3 Å². The number of pyridine rings is 1. The zero-order valence-corrected chi connectivity index (χ0v) is 10.8. The Morgan fingerprint density at radius 2 is 2.12 bits per heavy atom. The molecular weight excluding hydrogens is 264 g/mol. The smallest absolute Gasteiger partial charge is 0.272 e. The lowest BCUT2D eigenvalue weighted by molar-refractivity contribution is 0.363. The van der Waals surface area contributed by atoms with Gasteiger partial charge in [-0.25, -0.2) is 18.4 Å². The van der Waals surface area contributed by atoms with Crippen molar-refractivity contribution in [3.8, 4) is 0 Å². The lowest BCUT2D eigenvalue weighted by Crippen LogP contribution is -2.36. The van der Waals surface area contributed by atoms with Gasteiger partial charge in [-0.05, 0) is 12.1 Å². The van der Waals surface area contributed by atoms with Crippen LogP contribution in [0.4, 0.5) is 0 Å². The van der Waals surface area contributed by atoms with Crippen molar-refractivity contribution in [3.63, 3.8) is 0 Å². The third-order valence-corrected chi connectivity index (χ3v) is 3.88. The zero-order chi connectivity index (χ0) is 12.6. The normalized spacial score (nSPS) is 12.5. The van der Waals surface area contributed by atoms with Gasteiger partial charge < -0.3 is 0 Å². The number of hydrazine groups is 1. The maximum atomic E-state index is 12.0. The number of sulfonamides is 1. The molecule has 0 saturated heterocycles.